The summed E-state index contributed by atoms with van der Waals surface area (Å²) in [4.78, 5) is 4.16. The Labute approximate surface area is 139 Å². The van der Waals surface area contributed by atoms with E-state index in [-0.39, 0.29) is 24.0 Å². The van der Waals surface area contributed by atoms with Gasteiger partial charge in [-0.1, -0.05) is 13.8 Å². The number of aliphatic imine (C=N–C) groups is 1. The van der Waals surface area contributed by atoms with Crippen LogP contribution in [0.2, 0.25) is 0 Å². The van der Waals surface area contributed by atoms with E-state index in [1.165, 1.54) is 5.75 Å². The molecule has 0 atom stereocenters. The Bertz CT molecular complexity index is 216. The first-order chi connectivity index (χ1) is 8.70. The SMILES string of the molecule is CN=C(NCCCSC)NCCOCCC(C)C.I. The molecule has 0 saturated heterocycles. The Hall–Kier alpha value is 0.310. The van der Waals surface area contributed by atoms with Crippen LogP contribution in [0.15, 0.2) is 4.99 Å². The fourth-order valence-corrected chi connectivity index (χ4v) is 1.74. The largest absolute Gasteiger partial charge is 0.380 e. The van der Waals surface area contributed by atoms with Gasteiger partial charge in [-0.3, -0.25) is 4.99 Å². The molecule has 0 fully saturated rings. The molecule has 0 aromatic rings. The molecular formula is C13H30IN3OS. The summed E-state index contributed by atoms with van der Waals surface area (Å²) in [5, 5.41) is 6.52. The zero-order valence-corrected chi connectivity index (χ0v) is 15.8. The van der Waals surface area contributed by atoms with Crippen molar-refractivity contribution in [1.29, 1.82) is 0 Å². The highest BCUT2D eigenvalue weighted by molar-refractivity contribution is 14.0. The lowest BCUT2D eigenvalue weighted by Gasteiger charge is -2.12. The highest BCUT2D eigenvalue weighted by Gasteiger charge is 1.97. The predicted octanol–water partition coefficient (Wildman–Crippen LogP) is 2.59. The van der Waals surface area contributed by atoms with Gasteiger partial charge in [0.1, 0.15) is 0 Å². The minimum absolute atomic E-state index is 0. The second-order valence-electron chi connectivity index (χ2n) is 4.57. The minimum atomic E-state index is 0. The van der Waals surface area contributed by atoms with Crippen LogP contribution in [-0.2, 0) is 4.74 Å². The third-order valence-electron chi connectivity index (χ3n) is 2.42. The summed E-state index contributed by atoms with van der Waals surface area (Å²) in [6.07, 6.45) is 4.41. The van der Waals surface area contributed by atoms with Gasteiger partial charge in [0.05, 0.1) is 6.61 Å². The number of nitrogens with one attached hydrogen (secondary N) is 2. The smallest absolute Gasteiger partial charge is 0.191 e. The average molecular weight is 403 g/mol. The van der Waals surface area contributed by atoms with Crippen LogP contribution < -0.4 is 10.6 Å². The van der Waals surface area contributed by atoms with Crippen LogP contribution in [0.1, 0.15) is 26.7 Å². The second-order valence-corrected chi connectivity index (χ2v) is 5.55. The highest BCUT2D eigenvalue weighted by Crippen LogP contribution is 1.98. The van der Waals surface area contributed by atoms with Crippen molar-refractivity contribution < 1.29 is 4.74 Å². The van der Waals surface area contributed by atoms with E-state index in [1.807, 2.05) is 11.8 Å². The molecule has 0 unspecified atom stereocenters. The lowest BCUT2D eigenvalue weighted by molar-refractivity contribution is 0.128. The molecule has 0 radical (unpaired) electrons. The molecule has 116 valence electrons. The lowest BCUT2D eigenvalue weighted by Crippen LogP contribution is -2.39. The third-order valence-corrected chi connectivity index (χ3v) is 3.12. The molecule has 0 aliphatic carbocycles. The van der Waals surface area contributed by atoms with Crippen molar-refractivity contribution in [2.75, 3.05) is 45.4 Å². The first-order valence-corrected chi connectivity index (χ1v) is 8.11. The van der Waals surface area contributed by atoms with Crippen LogP contribution in [0.4, 0.5) is 0 Å². The van der Waals surface area contributed by atoms with Crippen LogP contribution in [-0.4, -0.2) is 51.3 Å². The monoisotopic (exact) mass is 403 g/mol. The molecule has 0 aliphatic heterocycles. The molecule has 19 heavy (non-hydrogen) atoms. The number of guanidine groups is 1. The zero-order valence-electron chi connectivity index (χ0n) is 12.7. The van der Waals surface area contributed by atoms with Gasteiger partial charge in [-0.15, -0.1) is 24.0 Å². The van der Waals surface area contributed by atoms with Gasteiger partial charge in [-0.05, 0) is 30.8 Å². The van der Waals surface area contributed by atoms with Gasteiger partial charge in [-0.25, -0.2) is 0 Å². The van der Waals surface area contributed by atoms with E-state index in [9.17, 15) is 0 Å². The van der Waals surface area contributed by atoms with Gasteiger partial charge in [0.2, 0.25) is 0 Å². The molecule has 0 aromatic carbocycles. The summed E-state index contributed by atoms with van der Waals surface area (Å²) in [6.45, 7) is 7.77. The van der Waals surface area contributed by atoms with Crippen LogP contribution >= 0.6 is 35.7 Å². The van der Waals surface area contributed by atoms with Crippen molar-refractivity contribution in [2.24, 2.45) is 10.9 Å². The van der Waals surface area contributed by atoms with Crippen LogP contribution in [0.25, 0.3) is 0 Å². The number of hydrogen-bond acceptors (Lipinski definition) is 3. The fourth-order valence-electron chi connectivity index (χ4n) is 1.31. The predicted molar refractivity (Wildman–Crippen MR) is 98.1 cm³/mol. The van der Waals surface area contributed by atoms with Crippen molar-refractivity contribution in [3.05, 3.63) is 0 Å². The van der Waals surface area contributed by atoms with E-state index in [4.69, 9.17) is 4.74 Å². The maximum absolute atomic E-state index is 5.53. The summed E-state index contributed by atoms with van der Waals surface area (Å²) in [6, 6.07) is 0. The van der Waals surface area contributed by atoms with Gasteiger partial charge in [0.15, 0.2) is 5.96 Å². The molecule has 6 heteroatoms. The summed E-state index contributed by atoms with van der Waals surface area (Å²) in [7, 11) is 1.80. The van der Waals surface area contributed by atoms with Gasteiger partial charge in [0, 0.05) is 26.7 Å². The molecule has 4 nitrogen and oxygen atoms in total. The molecule has 2 N–H and O–H groups in total. The Morgan fingerprint density at radius 2 is 1.89 bits per heavy atom. The maximum Gasteiger partial charge on any atom is 0.191 e. The summed E-state index contributed by atoms with van der Waals surface area (Å²) >= 11 is 1.87. The molecular weight excluding hydrogens is 373 g/mol. The van der Waals surface area contributed by atoms with Crippen molar-refractivity contribution in [1.82, 2.24) is 10.6 Å². The molecule has 0 bridgehead atoms. The molecule has 0 aromatic heterocycles. The molecule has 0 saturated carbocycles. The number of ether oxygens (including phenoxy) is 1. The maximum atomic E-state index is 5.53. The molecule has 0 spiro atoms. The van der Waals surface area contributed by atoms with E-state index in [0.29, 0.717) is 5.92 Å². The van der Waals surface area contributed by atoms with Gasteiger partial charge < -0.3 is 15.4 Å². The Morgan fingerprint density at radius 3 is 2.47 bits per heavy atom. The van der Waals surface area contributed by atoms with Crippen molar-refractivity contribution in [2.45, 2.75) is 26.7 Å². The van der Waals surface area contributed by atoms with Gasteiger partial charge in [-0.2, -0.15) is 11.8 Å². The summed E-state index contributed by atoms with van der Waals surface area (Å²) in [5.74, 6) is 2.76. The molecule has 0 rings (SSSR count). The normalized spacial score (nSPS) is 11.3. The quantitative estimate of drug-likeness (QED) is 0.255. The van der Waals surface area contributed by atoms with E-state index in [1.54, 1.807) is 7.05 Å². The van der Waals surface area contributed by atoms with Crippen LogP contribution in [0.3, 0.4) is 0 Å². The summed E-state index contributed by atoms with van der Waals surface area (Å²) in [5.41, 5.74) is 0. The van der Waals surface area contributed by atoms with Crippen molar-refractivity contribution in [3.8, 4) is 0 Å². The highest BCUT2D eigenvalue weighted by atomic mass is 127. The number of thioether (sulfide) groups is 1. The second kappa shape index (κ2) is 16.4. The first kappa shape index (κ1) is 21.6. The van der Waals surface area contributed by atoms with E-state index in [0.717, 1.165) is 45.1 Å². The molecule has 0 heterocycles. The van der Waals surface area contributed by atoms with Gasteiger partial charge in [0.25, 0.3) is 0 Å². The summed E-state index contributed by atoms with van der Waals surface area (Å²) < 4.78 is 5.53. The zero-order chi connectivity index (χ0) is 13.6. The number of hydrogen-bond donors (Lipinski definition) is 2. The average Bonchev–Trinajstić information content (AvgIpc) is 2.35. The fraction of sp³-hybridized carbons (Fsp3) is 0.923. The van der Waals surface area contributed by atoms with Gasteiger partial charge >= 0.3 is 0 Å². The lowest BCUT2D eigenvalue weighted by atomic mass is 10.1. The van der Waals surface area contributed by atoms with E-state index in [2.05, 4.69) is 35.7 Å². The molecule has 0 amide bonds. The third kappa shape index (κ3) is 16.3. The molecule has 0 aliphatic rings. The first-order valence-electron chi connectivity index (χ1n) is 6.72. The standard InChI is InChI=1S/C13H29N3OS.HI/c1-12(2)6-9-17-10-8-16-13(14-3)15-7-5-11-18-4;/h12H,5-11H2,1-4H3,(H2,14,15,16);1H. The minimum Gasteiger partial charge on any atom is -0.380 e. The Balaban J connectivity index is 0. The van der Waals surface area contributed by atoms with E-state index < -0.39 is 0 Å². The number of halogens is 1. The Morgan fingerprint density at radius 1 is 1.21 bits per heavy atom. The van der Waals surface area contributed by atoms with E-state index >= 15 is 0 Å². The Kier molecular flexibility index (Phi) is 18.6. The van der Waals surface area contributed by atoms with Crippen molar-refractivity contribution >= 4 is 41.7 Å². The number of nitrogens with zero attached hydrogens (tertiary/aromatic N) is 1. The van der Waals surface area contributed by atoms with Crippen LogP contribution in [0.5, 0.6) is 0 Å². The van der Waals surface area contributed by atoms with Crippen molar-refractivity contribution in [3.63, 3.8) is 0 Å². The number of rotatable bonds is 10. The van der Waals surface area contributed by atoms with Crippen LogP contribution in [0, 0.1) is 5.92 Å². The topological polar surface area (TPSA) is 45.7 Å².